The molecule has 12 heteroatoms. The van der Waals surface area contributed by atoms with Gasteiger partial charge in [-0.05, 0) is 43.9 Å². The monoisotopic (exact) mass is 495 g/mol. The number of aliphatic hydroxyl groups is 1. The first-order valence-electron chi connectivity index (χ1n) is 11.0. The first-order valence-corrected chi connectivity index (χ1v) is 11.0. The molecule has 1 saturated carbocycles. The molecule has 6 nitrogen and oxygen atoms in total. The molecule has 1 saturated heterocycles. The van der Waals surface area contributed by atoms with Gasteiger partial charge in [0.05, 0.1) is 29.1 Å². The maximum absolute atomic E-state index is 13.0. The van der Waals surface area contributed by atoms with E-state index in [0.717, 1.165) is 19.3 Å². The zero-order chi connectivity index (χ0) is 25.3. The lowest BCUT2D eigenvalue weighted by atomic mass is 9.82. The Morgan fingerprint density at radius 2 is 1.53 bits per heavy atom. The molecule has 34 heavy (non-hydrogen) atoms. The smallest absolute Gasteiger partial charge is 0.389 e. The Labute approximate surface area is 192 Å². The number of anilines is 1. The van der Waals surface area contributed by atoms with Crippen LogP contribution in [0.1, 0.15) is 56.1 Å². The van der Waals surface area contributed by atoms with Crippen LogP contribution in [0.5, 0.6) is 0 Å². The fourth-order valence-corrected chi connectivity index (χ4v) is 4.55. The summed E-state index contributed by atoms with van der Waals surface area (Å²) < 4.78 is 78.0. The molecule has 2 fully saturated rings. The van der Waals surface area contributed by atoms with E-state index in [1.165, 1.54) is 0 Å². The Balaban J connectivity index is 1.62. The fourth-order valence-electron chi connectivity index (χ4n) is 4.55. The summed E-state index contributed by atoms with van der Waals surface area (Å²) in [6.45, 7) is 0.348. The van der Waals surface area contributed by atoms with Gasteiger partial charge >= 0.3 is 12.4 Å². The number of carbonyl (C=O) groups excluding carboxylic acids is 2. The molecule has 190 valence electrons. The highest BCUT2D eigenvalue weighted by atomic mass is 19.4. The fraction of sp³-hybridized carbons (Fsp3) is 0.636. The van der Waals surface area contributed by atoms with Gasteiger partial charge in [0.15, 0.2) is 0 Å². The molecular formula is C22H27F6N3O3. The number of hydrogen-bond acceptors (Lipinski definition) is 4. The largest absolute Gasteiger partial charge is 0.416 e. The second-order valence-electron chi connectivity index (χ2n) is 9.12. The van der Waals surface area contributed by atoms with Crippen molar-refractivity contribution >= 4 is 17.5 Å². The number of halogens is 6. The number of nitrogens with zero attached hydrogens (tertiary/aromatic N) is 1. The second-order valence-corrected chi connectivity index (χ2v) is 9.12. The highest BCUT2D eigenvalue weighted by Gasteiger charge is 2.40. The van der Waals surface area contributed by atoms with Gasteiger partial charge in [-0.3, -0.25) is 9.59 Å². The van der Waals surface area contributed by atoms with Crippen LogP contribution in [0.3, 0.4) is 0 Å². The van der Waals surface area contributed by atoms with Crippen molar-refractivity contribution in [2.75, 3.05) is 18.4 Å². The molecule has 2 aliphatic rings. The van der Waals surface area contributed by atoms with Gasteiger partial charge in [-0.25, -0.2) is 0 Å². The lowest BCUT2D eigenvalue weighted by molar-refractivity contribution is -0.144. The molecule has 0 aromatic heterocycles. The summed E-state index contributed by atoms with van der Waals surface area (Å²) in [7, 11) is 0. The number of carbonyl (C=O) groups is 2. The van der Waals surface area contributed by atoms with Crippen LogP contribution in [0.25, 0.3) is 0 Å². The third-order valence-corrected chi connectivity index (χ3v) is 6.50. The van der Waals surface area contributed by atoms with Crippen LogP contribution in [-0.4, -0.2) is 46.6 Å². The number of nitrogens with one attached hydrogen (secondary N) is 1. The standard InChI is InChI=1S/C22H27F6N3O3/c23-21(24,25)13-9-14(22(26,27)28)11-15(10-13)30-18(32)12-20(34)5-7-31(8-6-20)19(33)16-3-1-2-4-17(16)29/h9-11,16-17,34H,1-8,12,29H2,(H,30,32)/t16?,17-/m1/s1. The van der Waals surface area contributed by atoms with E-state index in [9.17, 15) is 41.0 Å². The summed E-state index contributed by atoms with van der Waals surface area (Å²) in [5.41, 5.74) is 0.751. The third kappa shape index (κ3) is 6.41. The van der Waals surface area contributed by atoms with E-state index in [4.69, 9.17) is 5.73 Å². The van der Waals surface area contributed by atoms with Crippen molar-refractivity contribution in [2.24, 2.45) is 11.7 Å². The van der Waals surface area contributed by atoms with Gasteiger partial charge in [-0.2, -0.15) is 26.3 Å². The van der Waals surface area contributed by atoms with Gasteiger partial charge in [0, 0.05) is 24.8 Å². The summed E-state index contributed by atoms with van der Waals surface area (Å²) in [6.07, 6.45) is -7.19. The van der Waals surface area contributed by atoms with Crippen molar-refractivity contribution in [1.29, 1.82) is 0 Å². The first-order chi connectivity index (χ1) is 15.7. The van der Waals surface area contributed by atoms with Crippen LogP contribution in [0.2, 0.25) is 0 Å². The van der Waals surface area contributed by atoms with Crippen LogP contribution in [0.15, 0.2) is 18.2 Å². The summed E-state index contributed by atoms with van der Waals surface area (Å²) >= 11 is 0. The predicted octanol–water partition coefficient (Wildman–Crippen LogP) is 3.92. The summed E-state index contributed by atoms with van der Waals surface area (Å²) in [6, 6.07) is 0.563. The average molecular weight is 495 g/mol. The van der Waals surface area contributed by atoms with E-state index in [-0.39, 0.29) is 49.9 Å². The van der Waals surface area contributed by atoms with E-state index < -0.39 is 47.1 Å². The minimum Gasteiger partial charge on any atom is -0.389 e. The Hall–Kier alpha value is -2.34. The summed E-state index contributed by atoms with van der Waals surface area (Å²) in [5.74, 6) is -1.31. The van der Waals surface area contributed by atoms with Crippen molar-refractivity contribution in [3.05, 3.63) is 29.3 Å². The van der Waals surface area contributed by atoms with Crippen LogP contribution in [-0.2, 0) is 21.9 Å². The maximum Gasteiger partial charge on any atom is 0.416 e. The van der Waals surface area contributed by atoms with E-state index in [0.29, 0.717) is 18.6 Å². The van der Waals surface area contributed by atoms with Gasteiger partial charge in [0.2, 0.25) is 11.8 Å². The molecule has 1 unspecified atom stereocenters. The topological polar surface area (TPSA) is 95.7 Å². The predicted molar refractivity (Wildman–Crippen MR) is 110 cm³/mol. The highest BCUT2D eigenvalue weighted by molar-refractivity contribution is 5.91. The van der Waals surface area contributed by atoms with E-state index in [1.807, 2.05) is 5.32 Å². The van der Waals surface area contributed by atoms with Crippen molar-refractivity contribution < 1.29 is 41.0 Å². The van der Waals surface area contributed by atoms with E-state index in [1.54, 1.807) is 4.90 Å². The SMILES string of the molecule is N[C@@H]1CCCCC1C(=O)N1CCC(O)(CC(=O)Nc2cc(C(F)(F)F)cc(C(F)(F)F)c2)CC1. The lowest BCUT2D eigenvalue weighted by Crippen LogP contribution is -2.52. The molecule has 0 radical (unpaired) electrons. The van der Waals surface area contributed by atoms with Crippen molar-refractivity contribution in [3.63, 3.8) is 0 Å². The summed E-state index contributed by atoms with van der Waals surface area (Å²) in [5, 5.41) is 12.8. The number of benzene rings is 1. The average Bonchev–Trinajstić information content (AvgIpc) is 2.72. The van der Waals surface area contributed by atoms with Gasteiger partial charge < -0.3 is 21.1 Å². The van der Waals surface area contributed by atoms with Crippen LogP contribution in [0, 0.1) is 5.92 Å². The molecule has 1 aromatic rings. The number of hydrogen-bond donors (Lipinski definition) is 3. The van der Waals surface area contributed by atoms with Crippen LogP contribution < -0.4 is 11.1 Å². The van der Waals surface area contributed by atoms with E-state index in [2.05, 4.69) is 0 Å². The zero-order valence-electron chi connectivity index (χ0n) is 18.3. The molecule has 0 spiro atoms. The van der Waals surface area contributed by atoms with Gasteiger partial charge in [-0.15, -0.1) is 0 Å². The second kappa shape index (κ2) is 9.73. The zero-order valence-corrected chi connectivity index (χ0v) is 18.3. The molecule has 3 rings (SSSR count). The Morgan fingerprint density at radius 3 is 2.03 bits per heavy atom. The maximum atomic E-state index is 13.0. The quantitative estimate of drug-likeness (QED) is 0.552. The number of amides is 2. The first kappa shape index (κ1) is 26.3. The normalized spacial score (nSPS) is 23.5. The highest BCUT2D eigenvalue weighted by Crippen LogP contribution is 2.38. The van der Waals surface area contributed by atoms with Gasteiger partial charge in [-0.1, -0.05) is 12.8 Å². The lowest BCUT2D eigenvalue weighted by Gasteiger charge is -2.40. The van der Waals surface area contributed by atoms with Crippen molar-refractivity contribution in [2.45, 2.75) is 68.9 Å². The number of nitrogens with two attached hydrogens (primary N) is 1. The minimum absolute atomic E-state index is 0.0336. The molecular weight excluding hydrogens is 468 g/mol. The minimum atomic E-state index is -5.04. The van der Waals surface area contributed by atoms with E-state index >= 15 is 0 Å². The molecule has 1 heterocycles. The van der Waals surface area contributed by atoms with Gasteiger partial charge in [0.1, 0.15) is 0 Å². The Morgan fingerprint density at radius 1 is 1.00 bits per heavy atom. The molecule has 0 bridgehead atoms. The van der Waals surface area contributed by atoms with Crippen LogP contribution in [0.4, 0.5) is 32.0 Å². The number of alkyl halides is 6. The molecule has 2 atom stereocenters. The van der Waals surface area contributed by atoms with Gasteiger partial charge in [0.25, 0.3) is 0 Å². The molecule has 4 N–H and O–H groups in total. The molecule has 2 amide bonds. The molecule has 1 aliphatic carbocycles. The summed E-state index contributed by atoms with van der Waals surface area (Å²) in [4.78, 5) is 26.7. The third-order valence-electron chi connectivity index (χ3n) is 6.50. The van der Waals surface area contributed by atoms with Crippen molar-refractivity contribution in [3.8, 4) is 0 Å². The number of rotatable bonds is 4. The number of likely N-dealkylation sites (tertiary alicyclic amines) is 1. The number of piperidine rings is 1. The van der Waals surface area contributed by atoms with Crippen LogP contribution >= 0.6 is 0 Å². The molecule has 1 aromatic carbocycles. The Bertz CT molecular complexity index is 878. The Kier molecular flexibility index (Phi) is 7.51. The molecule has 1 aliphatic heterocycles. The van der Waals surface area contributed by atoms with Crippen molar-refractivity contribution in [1.82, 2.24) is 4.90 Å².